The molecule has 3 rings (SSSR count). The van der Waals surface area contributed by atoms with Gasteiger partial charge in [-0.25, -0.2) is 0 Å². The summed E-state index contributed by atoms with van der Waals surface area (Å²) in [7, 11) is 0. The summed E-state index contributed by atoms with van der Waals surface area (Å²) >= 11 is 3.77. The lowest BCUT2D eigenvalue weighted by atomic mass is 9.97. The molecule has 3 nitrogen and oxygen atoms in total. The van der Waals surface area contributed by atoms with Gasteiger partial charge in [-0.05, 0) is 31.7 Å². The molecule has 1 saturated carbocycles. The fourth-order valence-corrected chi connectivity index (χ4v) is 3.61. The molecule has 2 heterocycles. The summed E-state index contributed by atoms with van der Waals surface area (Å²) in [5.41, 5.74) is 1.22. The maximum absolute atomic E-state index is 5.57. The van der Waals surface area contributed by atoms with E-state index >= 15 is 0 Å². The molecule has 0 radical (unpaired) electrons. The third-order valence-electron chi connectivity index (χ3n) is 4.22. The van der Waals surface area contributed by atoms with E-state index in [2.05, 4.69) is 32.9 Å². The van der Waals surface area contributed by atoms with Crippen LogP contribution in [-0.4, -0.2) is 27.8 Å². The Morgan fingerprint density at radius 2 is 2.17 bits per heavy atom. The third-order valence-corrected chi connectivity index (χ3v) is 5.42. The average Bonchev–Trinajstić information content (AvgIpc) is 3.02. The number of nitrogens with zero attached hydrogens (tertiary/aromatic N) is 2. The average molecular weight is 313 g/mol. The molecule has 2 aliphatic rings. The van der Waals surface area contributed by atoms with E-state index in [1.54, 1.807) is 0 Å². The molecule has 2 unspecified atom stereocenters. The largest absolute Gasteiger partial charge is 0.381 e. The maximum Gasteiger partial charge on any atom is 0.0628 e. The van der Waals surface area contributed by atoms with Gasteiger partial charge in [0.05, 0.1) is 18.3 Å². The second-order valence-electron chi connectivity index (χ2n) is 5.57. The van der Waals surface area contributed by atoms with Crippen molar-refractivity contribution in [1.82, 2.24) is 9.78 Å². The predicted molar refractivity (Wildman–Crippen MR) is 75.1 cm³/mol. The van der Waals surface area contributed by atoms with Crippen molar-refractivity contribution in [3.05, 3.63) is 18.0 Å². The summed E-state index contributed by atoms with van der Waals surface area (Å²) in [6, 6.07) is 2.84. The van der Waals surface area contributed by atoms with E-state index in [-0.39, 0.29) is 0 Å². The molecule has 2 atom stereocenters. The van der Waals surface area contributed by atoms with Crippen LogP contribution in [0.4, 0.5) is 0 Å². The van der Waals surface area contributed by atoms with E-state index in [0.29, 0.717) is 16.8 Å². The van der Waals surface area contributed by atoms with Crippen LogP contribution < -0.4 is 0 Å². The van der Waals surface area contributed by atoms with E-state index in [0.717, 1.165) is 26.1 Å². The fraction of sp³-hybridized carbons (Fsp3) is 0.786. The summed E-state index contributed by atoms with van der Waals surface area (Å²) in [5.74, 6) is 0.575. The molecule has 0 N–H and O–H groups in total. The van der Waals surface area contributed by atoms with Gasteiger partial charge < -0.3 is 4.74 Å². The highest BCUT2D eigenvalue weighted by Gasteiger charge is 2.25. The van der Waals surface area contributed by atoms with E-state index in [1.165, 1.54) is 31.4 Å². The Morgan fingerprint density at radius 3 is 2.94 bits per heavy atom. The highest BCUT2D eigenvalue weighted by molar-refractivity contribution is 9.09. The van der Waals surface area contributed by atoms with E-state index < -0.39 is 0 Å². The third kappa shape index (κ3) is 2.80. The van der Waals surface area contributed by atoms with Gasteiger partial charge in [-0.3, -0.25) is 4.68 Å². The lowest BCUT2D eigenvalue weighted by Gasteiger charge is -2.26. The van der Waals surface area contributed by atoms with Gasteiger partial charge in [0.2, 0.25) is 0 Å². The minimum Gasteiger partial charge on any atom is -0.381 e. The Bertz CT molecular complexity index is 387. The van der Waals surface area contributed by atoms with Gasteiger partial charge >= 0.3 is 0 Å². The lowest BCUT2D eigenvalue weighted by molar-refractivity contribution is 0.0601. The summed E-state index contributed by atoms with van der Waals surface area (Å²) in [4.78, 5) is 0.586. The fourth-order valence-electron chi connectivity index (χ4n) is 3.08. The van der Waals surface area contributed by atoms with Crippen LogP contribution in [-0.2, 0) is 11.2 Å². The monoisotopic (exact) mass is 312 g/mol. The highest BCUT2D eigenvalue weighted by atomic mass is 79.9. The van der Waals surface area contributed by atoms with Crippen molar-refractivity contribution in [2.45, 2.75) is 49.4 Å². The van der Waals surface area contributed by atoms with Gasteiger partial charge in [-0.1, -0.05) is 28.8 Å². The molecule has 100 valence electrons. The van der Waals surface area contributed by atoms with Gasteiger partial charge in [0.1, 0.15) is 0 Å². The van der Waals surface area contributed by atoms with Crippen LogP contribution >= 0.6 is 15.9 Å². The first kappa shape index (κ1) is 12.7. The van der Waals surface area contributed by atoms with Crippen LogP contribution in [0.1, 0.15) is 43.8 Å². The Morgan fingerprint density at radius 1 is 1.33 bits per heavy atom. The Kier molecular flexibility index (Phi) is 4.04. The van der Waals surface area contributed by atoms with E-state index in [1.807, 2.05) is 0 Å². The van der Waals surface area contributed by atoms with Crippen LogP contribution in [0.5, 0.6) is 0 Å². The zero-order valence-corrected chi connectivity index (χ0v) is 12.3. The smallest absolute Gasteiger partial charge is 0.0628 e. The molecule has 4 heteroatoms. The quantitative estimate of drug-likeness (QED) is 0.800. The standard InChI is InChI=1S/C14H21BrN2O/c15-14-6-8-18-10-11(14)9-12-5-7-17(16-12)13-3-1-2-4-13/h5,7,11,13-14H,1-4,6,8-10H2. The first-order chi connectivity index (χ1) is 8.83. The zero-order chi connectivity index (χ0) is 12.4. The van der Waals surface area contributed by atoms with Gasteiger partial charge in [0.25, 0.3) is 0 Å². The number of halogens is 1. The van der Waals surface area contributed by atoms with Crippen LogP contribution in [0.3, 0.4) is 0 Å². The number of ether oxygens (including phenoxy) is 1. The van der Waals surface area contributed by atoms with Crippen LogP contribution in [0.15, 0.2) is 12.3 Å². The first-order valence-electron chi connectivity index (χ1n) is 7.09. The molecule has 1 aromatic rings. The van der Waals surface area contributed by atoms with Crippen molar-refractivity contribution in [1.29, 1.82) is 0 Å². The van der Waals surface area contributed by atoms with Crippen molar-refractivity contribution < 1.29 is 4.74 Å². The molecule has 0 amide bonds. The summed E-state index contributed by atoms with van der Waals surface area (Å²) in [5, 5.41) is 4.76. The van der Waals surface area contributed by atoms with Crippen molar-refractivity contribution in [2.75, 3.05) is 13.2 Å². The van der Waals surface area contributed by atoms with Crippen molar-refractivity contribution in [3.63, 3.8) is 0 Å². The van der Waals surface area contributed by atoms with E-state index in [9.17, 15) is 0 Å². The molecule has 1 aromatic heterocycles. The normalized spacial score (nSPS) is 29.8. The summed E-state index contributed by atoms with van der Waals surface area (Å²) in [6.45, 7) is 1.76. The van der Waals surface area contributed by atoms with Crippen molar-refractivity contribution in [3.8, 4) is 0 Å². The SMILES string of the molecule is BrC1CCOCC1Cc1ccn(C2CCCC2)n1. The topological polar surface area (TPSA) is 27.1 Å². The molecule has 0 bridgehead atoms. The molecule has 18 heavy (non-hydrogen) atoms. The minimum absolute atomic E-state index is 0.575. The highest BCUT2D eigenvalue weighted by Crippen LogP contribution is 2.29. The summed E-state index contributed by atoms with van der Waals surface area (Å²) in [6.07, 6.45) is 9.64. The molecular weight excluding hydrogens is 292 g/mol. The van der Waals surface area contributed by atoms with Gasteiger partial charge in [-0.2, -0.15) is 5.10 Å². The Labute approximate surface area is 117 Å². The molecule has 0 spiro atoms. The second kappa shape index (κ2) is 5.74. The molecule has 1 aliphatic carbocycles. The molecule has 0 aromatic carbocycles. The molecular formula is C14H21BrN2O. The molecule has 2 fully saturated rings. The maximum atomic E-state index is 5.57. The Hall–Kier alpha value is -0.350. The van der Waals surface area contributed by atoms with Crippen LogP contribution in [0, 0.1) is 5.92 Å². The van der Waals surface area contributed by atoms with Gasteiger partial charge in [0, 0.05) is 23.5 Å². The second-order valence-corrected chi connectivity index (χ2v) is 6.75. The van der Waals surface area contributed by atoms with Gasteiger partial charge in [-0.15, -0.1) is 0 Å². The lowest BCUT2D eigenvalue weighted by Crippen LogP contribution is -2.29. The first-order valence-corrected chi connectivity index (χ1v) is 8.00. The van der Waals surface area contributed by atoms with Crippen molar-refractivity contribution >= 4 is 15.9 Å². The Balaban J connectivity index is 1.62. The number of hydrogen-bond donors (Lipinski definition) is 0. The number of rotatable bonds is 3. The number of hydrogen-bond acceptors (Lipinski definition) is 2. The number of aromatic nitrogens is 2. The molecule has 1 saturated heterocycles. The summed E-state index contributed by atoms with van der Waals surface area (Å²) < 4.78 is 7.76. The van der Waals surface area contributed by atoms with Crippen LogP contribution in [0.25, 0.3) is 0 Å². The van der Waals surface area contributed by atoms with Crippen LogP contribution in [0.2, 0.25) is 0 Å². The predicted octanol–water partition coefficient (Wildman–Crippen LogP) is 3.34. The van der Waals surface area contributed by atoms with Gasteiger partial charge in [0.15, 0.2) is 0 Å². The van der Waals surface area contributed by atoms with Crippen molar-refractivity contribution in [2.24, 2.45) is 5.92 Å². The number of alkyl halides is 1. The minimum atomic E-state index is 0.575. The zero-order valence-electron chi connectivity index (χ0n) is 10.7. The molecule has 1 aliphatic heterocycles. The van der Waals surface area contributed by atoms with E-state index in [4.69, 9.17) is 9.84 Å².